The molecule has 0 aliphatic rings. The van der Waals surface area contributed by atoms with E-state index >= 15 is 0 Å². The van der Waals surface area contributed by atoms with E-state index in [1.165, 1.54) is 0 Å². The Morgan fingerprint density at radius 3 is 2.38 bits per heavy atom. The molecule has 0 bridgehead atoms. The molecule has 1 aromatic carbocycles. The van der Waals surface area contributed by atoms with Gasteiger partial charge in [0.15, 0.2) is 0 Å². The van der Waals surface area contributed by atoms with Crippen LogP contribution in [-0.4, -0.2) is 22.6 Å². The van der Waals surface area contributed by atoms with Crippen molar-refractivity contribution in [3.63, 3.8) is 0 Å². The molecule has 4 nitrogen and oxygen atoms in total. The van der Waals surface area contributed by atoms with E-state index in [1.54, 1.807) is 6.33 Å². The van der Waals surface area contributed by atoms with Crippen LogP contribution in [0.1, 0.15) is 32.0 Å². The lowest BCUT2D eigenvalue weighted by atomic mass is 9.99. The number of hydrogen-bond acceptors (Lipinski definition) is 4. The lowest BCUT2D eigenvalue weighted by Crippen LogP contribution is -2.22. The van der Waals surface area contributed by atoms with Gasteiger partial charge in [-0.25, -0.2) is 9.97 Å². The summed E-state index contributed by atoms with van der Waals surface area (Å²) in [4.78, 5) is 8.61. The molecule has 0 aliphatic carbocycles. The third-order valence-corrected chi connectivity index (χ3v) is 3.16. The van der Waals surface area contributed by atoms with Crippen molar-refractivity contribution in [1.29, 1.82) is 0 Å². The molecule has 0 radical (unpaired) electrons. The van der Waals surface area contributed by atoms with Crippen molar-refractivity contribution in [2.75, 3.05) is 12.4 Å². The molecule has 0 aliphatic heterocycles. The third kappa shape index (κ3) is 3.51. The molecule has 4 heteroatoms. The summed E-state index contributed by atoms with van der Waals surface area (Å²) in [7, 11) is 1.87. The second-order valence-electron chi connectivity index (χ2n) is 6.12. The number of benzene rings is 1. The molecular formula is C17H23N3O. The van der Waals surface area contributed by atoms with Gasteiger partial charge in [-0.05, 0) is 57.9 Å². The van der Waals surface area contributed by atoms with Crippen molar-refractivity contribution < 1.29 is 4.74 Å². The topological polar surface area (TPSA) is 47.0 Å². The fraction of sp³-hybridized carbons (Fsp3) is 0.412. The van der Waals surface area contributed by atoms with E-state index in [1.807, 2.05) is 40.8 Å². The Morgan fingerprint density at radius 2 is 1.81 bits per heavy atom. The average molecular weight is 285 g/mol. The molecule has 1 N–H and O–H groups in total. The summed E-state index contributed by atoms with van der Waals surface area (Å²) in [6, 6.07) is 6.13. The van der Waals surface area contributed by atoms with Gasteiger partial charge in [0, 0.05) is 12.6 Å². The largest absolute Gasteiger partial charge is 0.488 e. The minimum atomic E-state index is -0.199. The summed E-state index contributed by atoms with van der Waals surface area (Å²) in [5.74, 6) is 1.72. The lowest BCUT2D eigenvalue weighted by molar-refractivity contribution is 0.131. The number of aryl methyl sites for hydroxylation is 2. The maximum Gasteiger partial charge on any atom is 0.137 e. The minimum absolute atomic E-state index is 0.199. The van der Waals surface area contributed by atoms with Crippen LogP contribution in [-0.2, 0) is 0 Å². The van der Waals surface area contributed by atoms with Gasteiger partial charge in [0.1, 0.15) is 23.5 Å². The summed E-state index contributed by atoms with van der Waals surface area (Å²) >= 11 is 0. The van der Waals surface area contributed by atoms with Crippen LogP contribution in [0, 0.1) is 13.8 Å². The molecule has 112 valence electrons. The third-order valence-electron chi connectivity index (χ3n) is 3.16. The number of anilines is 1. The summed E-state index contributed by atoms with van der Waals surface area (Å²) in [6.07, 6.45) is 1.58. The van der Waals surface area contributed by atoms with Crippen molar-refractivity contribution in [3.05, 3.63) is 35.8 Å². The molecule has 2 aromatic rings. The fourth-order valence-electron chi connectivity index (χ4n) is 2.32. The highest BCUT2D eigenvalue weighted by molar-refractivity contribution is 5.79. The number of nitrogens with zero attached hydrogens (tertiary/aromatic N) is 2. The van der Waals surface area contributed by atoms with Gasteiger partial charge < -0.3 is 10.1 Å². The Morgan fingerprint density at radius 1 is 1.10 bits per heavy atom. The van der Waals surface area contributed by atoms with Crippen molar-refractivity contribution in [2.24, 2.45) is 0 Å². The van der Waals surface area contributed by atoms with E-state index in [4.69, 9.17) is 4.74 Å². The Labute approximate surface area is 126 Å². The van der Waals surface area contributed by atoms with E-state index in [-0.39, 0.29) is 5.60 Å². The Bertz CT molecular complexity index is 645. The summed E-state index contributed by atoms with van der Waals surface area (Å²) in [5, 5.41) is 3.13. The van der Waals surface area contributed by atoms with Crippen molar-refractivity contribution in [3.8, 4) is 16.9 Å². The molecule has 0 unspecified atom stereocenters. The average Bonchev–Trinajstić information content (AvgIpc) is 2.37. The highest BCUT2D eigenvalue weighted by Crippen LogP contribution is 2.33. The first-order valence-electron chi connectivity index (χ1n) is 7.11. The normalized spacial score (nSPS) is 11.3. The minimum Gasteiger partial charge on any atom is -0.488 e. The van der Waals surface area contributed by atoms with Crippen LogP contribution < -0.4 is 10.1 Å². The highest BCUT2D eigenvalue weighted by Gasteiger charge is 2.15. The van der Waals surface area contributed by atoms with Gasteiger partial charge in [-0.3, -0.25) is 0 Å². The van der Waals surface area contributed by atoms with Crippen LogP contribution in [0.2, 0.25) is 0 Å². The van der Waals surface area contributed by atoms with Crippen LogP contribution in [0.5, 0.6) is 5.75 Å². The van der Waals surface area contributed by atoms with E-state index in [0.29, 0.717) is 0 Å². The summed E-state index contributed by atoms with van der Waals surface area (Å²) in [6.45, 7) is 10.2. The molecule has 1 heterocycles. The SMILES string of the molecule is CNc1ncnc(C)c1-c1ccc(OC(C)(C)C)cc1C. The van der Waals surface area contributed by atoms with E-state index < -0.39 is 0 Å². The Kier molecular flexibility index (Phi) is 4.16. The number of aromatic nitrogens is 2. The first-order valence-corrected chi connectivity index (χ1v) is 7.11. The van der Waals surface area contributed by atoms with Gasteiger partial charge >= 0.3 is 0 Å². The first-order chi connectivity index (χ1) is 9.81. The molecule has 0 saturated heterocycles. The molecule has 0 amide bonds. The van der Waals surface area contributed by atoms with Gasteiger partial charge in [-0.1, -0.05) is 6.07 Å². The summed E-state index contributed by atoms with van der Waals surface area (Å²) in [5.41, 5.74) is 4.07. The predicted molar refractivity (Wildman–Crippen MR) is 86.9 cm³/mol. The first kappa shape index (κ1) is 15.3. The van der Waals surface area contributed by atoms with E-state index in [2.05, 4.69) is 34.3 Å². The maximum absolute atomic E-state index is 5.91. The van der Waals surface area contributed by atoms with E-state index in [0.717, 1.165) is 34.0 Å². The monoisotopic (exact) mass is 285 g/mol. The van der Waals surface area contributed by atoms with Gasteiger partial charge in [-0.2, -0.15) is 0 Å². The highest BCUT2D eigenvalue weighted by atomic mass is 16.5. The number of nitrogens with one attached hydrogen (secondary N) is 1. The van der Waals surface area contributed by atoms with Crippen LogP contribution in [0.3, 0.4) is 0 Å². The lowest BCUT2D eigenvalue weighted by Gasteiger charge is -2.22. The molecule has 0 fully saturated rings. The van der Waals surface area contributed by atoms with Crippen LogP contribution >= 0.6 is 0 Å². The standard InChI is InChI=1S/C17H23N3O/c1-11-9-13(21-17(3,4)5)7-8-14(11)15-12(2)19-10-20-16(15)18-6/h7-10H,1-6H3,(H,18,19,20). The zero-order valence-electron chi connectivity index (χ0n) is 13.6. The van der Waals surface area contributed by atoms with Crippen molar-refractivity contribution >= 4 is 5.82 Å². The summed E-state index contributed by atoms with van der Waals surface area (Å²) < 4.78 is 5.91. The zero-order valence-corrected chi connectivity index (χ0v) is 13.6. The van der Waals surface area contributed by atoms with Gasteiger partial charge in [0.25, 0.3) is 0 Å². The smallest absolute Gasteiger partial charge is 0.137 e. The van der Waals surface area contributed by atoms with Crippen LogP contribution in [0.25, 0.3) is 11.1 Å². The Balaban J connectivity index is 2.47. The molecule has 0 saturated carbocycles. The number of ether oxygens (including phenoxy) is 1. The van der Waals surface area contributed by atoms with Crippen molar-refractivity contribution in [1.82, 2.24) is 9.97 Å². The molecule has 0 spiro atoms. The molecule has 21 heavy (non-hydrogen) atoms. The molecular weight excluding hydrogens is 262 g/mol. The maximum atomic E-state index is 5.91. The molecule has 1 aromatic heterocycles. The predicted octanol–water partition coefficient (Wildman–Crippen LogP) is 3.98. The van der Waals surface area contributed by atoms with Crippen LogP contribution in [0.15, 0.2) is 24.5 Å². The van der Waals surface area contributed by atoms with Gasteiger partial charge in [-0.15, -0.1) is 0 Å². The Hall–Kier alpha value is -2.10. The molecule has 0 atom stereocenters. The fourth-order valence-corrected chi connectivity index (χ4v) is 2.32. The second-order valence-corrected chi connectivity index (χ2v) is 6.12. The van der Waals surface area contributed by atoms with Crippen LogP contribution in [0.4, 0.5) is 5.82 Å². The van der Waals surface area contributed by atoms with Gasteiger partial charge in [0.05, 0.1) is 5.69 Å². The zero-order chi connectivity index (χ0) is 15.6. The molecule has 2 rings (SSSR count). The quantitative estimate of drug-likeness (QED) is 0.926. The second kappa shape index (κ2) is 5.72. The number of rotatable bonds is 3. The van der Waals surface area contributed by atoms with Crippen molar-refractivity contribution in [2.45, 2.75) is 40.2 Å². The van der Waals surface area contributed by atoms with Gasteiger partial charge in [0.2, 0.25) is 0 Å². The number of hydrogen-bond donors (Lipinski definition) is 1. The van der Waals surface area contributed by atoms with E-state index in [9.17, 15) is 0 Å².